The molecular formula is C17H19BrClNS. The fraction of sp³-hybridized carbons (Fsp3) is 0.294. The smallest absolute Gasteiger partial charge is 0.0548 e. The van der Waals surface area contributed by atoms with E-state index in [1.165, 1.54) is 10.5 Å². The molecular weight excluding hydrogens is 366 g/mol. The van der Waals surface area contributed by atoms with Gasteiger partial charge in [-0.3, -0.25) is 0 Å². The molecule has 112 valence electrons. The third-order valence-corrected chi connectivity index (χ3v) is 5.47. The van der Waals surface area contributed by atoms with E-state index in [9.17, 15) is 0 Å². The molecule has 0 aliphatic carbocycles. The van der Waals surface area contributed by atoms with Crippen molar-refractivity contribution < 1.29 is 0 Å². The molecule has 2 aromatic rings. The number of rotatable bonds is 6. The first-order chi connectivity index (χ1) is 10.1. The van der Waals surface area contributed by atoms with Gasteiger partial charge in [0, 0.05) is 20.8 Å². The second-order valence-electron chi connectivity index (χ2n) is 5.32. The van der Waals surface area contributed by atoms with Gasteiger partial charge < -0.3 is 5.32 Å². The highest BCUT2D eigenvalue weighted by molar-refractivity contribution is 9.10. The molecule has 0 atom stereocenters. The van der Waals surface area contributed by atoms with Crippen molar-refractivity contribution in [2.75, 3.05) is 6.54 Å². The first kappa shape index (κ1) is 16.9. The second-order valence-corrected chi connectivity index (χ2v) is 7.67. The number of benzene rings is 2. The fourth-order valence-electron chi connectivity index (χ4n) is 1.89. The van der Waals surface area contributed by atoms with E-state index in [1.54, 1.807) is 11.8 Å². The van der Waals surface area contributed by atoms with Crippen LogP contribution in [0.25, 0.3) is 0 Å². The Morgan fingerprint density at radius 2 is 1.90 bits per heavy atom. The third kappa shape index (κ3) is 5.33. The maximum atomic E-state index is 6.41. The highest BCUT2D eigenvalue weighted by Crippen LogP contribution is 2.37. The van der Waals surface area contributed by atoms with Crippen molar-refractivity contribution in [3.8, 4) is 0 Å². The predicted octanol–water partition coefficient (Wildman–Crippen LogP) is 6.00. The molecule has 0 unspecified atom stereocenters. The Kier molecular flexibility index (Phi) is 6.62. The van der Waals surface area contributed by atoms with Crippen LogP contribution < -0.4 is 5.32 Å². The number of nitrogens with one attached hydrogen (secondary N) is 1. The zero-order valence-electron chi connectivity index (χ0n) is 12.2. The minimum Gasteiger partial charge on any atom is -0.312 e. The van der Waals surface area contributed by atoms with Crippen LogP contribution in [0.1, 0.15) is 19.4 Å². The molecule has 0 aliphatic rings. The third-order valence-electron chi connectivity index (χ3n) is 2.93. The summed E-state index contributed by atoms with van der Waals surface area (Å²) in [5.74, 6) is 0.658. The lowest BCUT2D eigenvalue weighted by atomic mass is 10.2. The Balaban J connectivity index is 2.04. The van der Waals surface area contributed by atoms with Gasteiger partial charge in [-0.05, 0) is 58.2 Å². The normalized spacial score (nSPS) is 11.1. The molecule has 0 saturated heterocycles. The molecule has 21 heavy (non-hydrogen) atoms. The summed E-state index contributed by atoms with van der Waals surface area (Å²) >= 11 is 11.7. The SMILES string of the molecule is CC(C)CNCc1ccc(Sc2ccccc2Br)c(Cl)c1. The molecule has 0 fully saturated rings. The van der Waals surface area contributed by atoms with E-state index in [4.69, 9.17) is 11.6 Å². The summed E-state index contributed by atoms with van der Waals surface area (Å²) in [5.41, 5.74) is 1.22. The van der Waals surface area contributed by atoms with Crippen LogP contribution in [-0.4, -0.2) is 6.54 Å². The van der Waals surface area contributed by atoms with Crippen LogP contribution in [0.15, 0.2) is 56.7 Å². The molecule has 1 nitrogen and oxygen atoms in total. The molecule has 0 amide bonds. The molecule has 0 bridgehead atoms. The van der Waals surface area contributed by atoms with Crippen LogP contribution >= 0.6 is 39.3 Å². The predicted molar refractivity (Wildman–Crippen MR) is 96.3 cm³/mol. The Labute approximate surface area is 144 Å². The van der Waals surface area contributed by atoms with Gasteiger partial charge in [-0.15, -0.1) is 0 Å². The van der Waals surface area contributed by atoms with Gasteiger partial charge in [-0.1, -0.05) is 55.4 Å². The van der Waals surface area contributed by atoms with Crippen LogP contribution in [0, 0.1) is 5.92 Å². The minimum atomic E-state index is 0.658. The maximum absolute atomic E-state index is 6.41. The molecule has 0 spiro atoms. The molecule has 0 radical (unpaired) electrons. The van der Waals surface area contributed by atoms with Crippen LogP contribution in [0.2, 0.25) is 5.02 Å². The Bertz CT molecular complexity index is 601. The number of hydrogen-bond donors (Lipinski definition) is 1. The lowest BCUT2D eigenvalue weighted by Gasteiger charge is -2.10. The summed E-state index contributed by atoms with van der Waals surface area (Å²) in [7, 11) is 0. The van der Waals surface area contributed by atoms with E-state index >= 15 is 0 Å². The van der Waals surface area contributed by atoms with E-state index in [-0.39, 0.29) is 0 Å². The van der Waals surface area contributed by atoms with E-state index in [1.807, 2.05) is 24.3 Å². The zero-order chi connectivity index (χ0) is 15.2. The summed E-state index contributed by atoms with van der Waals surface area (Å²) in [6.45, 7) is 6.29. The molecule has 4 heteroatoms. The van der Waals surface area contributed by atoms with Crippen molar-refractivity contribution in [1.82, 2.24) is 5.32 Å². The highest BCUT2D eigenvalue weighted by atomic mass is 79.9. The highest BCUT2D eigenvalue weighted by Gasteiger charge is 2.06. The first-order valence-electron chi connectivity index (χ1n) is 6.98. The van der Waals surface area contributed by atoms with Crippen molar-refractivity contribution in [3.05, 3.63) is 57.5 Å². The number of halogens is 2. The quantitative estimate of drug-likeness (QED) is 0.655. The summed E-state index contributed by atoms with van der Waals surface area (Å²) in [5, 5.41) is 4.24. The zero-order valence-corrected chi connectivity index (χ0v) is 15.4. The van der Waals surface area contributed by atoms with Gasteiger partial charge in [0.1, 0.15) is 0 Å². The maximum Gasteiger partial charge on any atom is 0.0548 e. The fourth-order valence-corrected chi connectivity index (χ4v) is 3.58. The summed E-state index contributed by atoms with van der Waals surface area (Å²) in [6.07, 6.45) is 0. The van der Waals surface area contributed by atoms with E-state index in [0.717, 1.165) is 27.5 Å². The van der Waals surface area contributed by atoms with Crippen molar-refractivity contribution in [3.63, 3.8) is 0 Å². The van der Waals surface area contributed by atoms with Crippen molar-refractivity contribution in [2.45, 2.75) is 30.2 Å². The van der Waals surface area contributed by atoms with E-state index in [2.05, 4.69) is 53.3 Å². The van der Waals surface area contributed by atoms with E-state index in [0.29, 0.717) is 5.92 Å². The summed E-state index contributed by atoms with van der Waals surface area (Å²) in [4.78, 5) is 2.25. The van der Waals surface area contributed by atoms with Crippen LogP contribution in [-0.2, 0) is 6.54 Å². The van der Waals surface area contributed by atoms with Crippen LogP contribution in [0.3, 0.4) is 0 Å². The van der Waals surface area contributed by atoms with Gasteiger partial charge in [0.2, 0.25) is 0 Å². The lowest BCUT2D eigenvalue weighted by Crippen LogP contribution is -2.18. The standard InChI is InChI=1S/C17H19BrClNS/c1-12(2)10-20-11-13-7-8-17(15(19)9-13)21-16-6-4-3-5-14(16)18/h3-9,12,20H,10-11H2,1-2H3. The number of hydrogen-bond acceptors (Lipinski definition) is 2. The first-order valence-corrected chi connectivity index (χ1v) is 8.96. The van der Waals surface area contributed by atoms with Gasteiger partial charge >= 0.3 is 0 Å². The van der Waals surface area contributed by atoms with Crippen LogP contribution in [0.5, 0.6) is 0 Å². The van der Waals surface area contributed by atoms with Crippen molar-refractivity contribution >= 4 is 39.3 Å². The average Bonchev–Trinajstić information content (AvgIpc) is 2.43. The second kappa shape index (κ2) is 8.23. The minimum absolute atomic E-state index is 0.658. The molecule has 2 rings (SSSR count). The van der Waals surface area contributed by atoms with Crippen LogP contribution in [0.4, 0.5) is 0 Å². The molecule has 2 aromatic carbocycles. The van der Waals surface area contributed by atoms with Gasteiger partial charge in [0.25, 0.3) is 0 Å². The van der Waals surface area contributed by atoms with Crippen molar-refractivity contribution in [1.29, 1.82) is 0 Å². The lowest BCUT2D eigenvalue weighted by molar-refractivity contribution is 0.552. The van der Waals surface area contributed by atoms with E-state index < -0.39 is 0 Å². The van der Waals surface area contributed by atoms with Gasteiger partial charge in [0.05, 0.1) is 5.02 Å². The van der Waals surface area contributed by atoms with Gasteiger partial charge in [-0.2, -0.15) is 0 Å². The average molecular weight is 385 g/mol. The Morgan fingerprint density at radius 1 is 1.14 bits per heavy atom. The molecule has 1 N–H and O–H groups in total. The summed E-state index contributed by atoms with van der Waals surface area (Å²) in [6, 6.07) is 14.5. The topological polar surface area (TPSA) is 12.0 Å². The van der Waals surface area contributed by atoms with Crippen molar-refractivity contribution in [2.24, 2.45) is 5.92 Å². The molecule has 0 saturated carbocycles. The molecule has 0 aliphatic heterocycles. The van der Waals surface area contributed by atoms with Gasteiger partial charge in [-0.25, -0.2) is 0 Å². The van der Waals surface area contributed by atoms with Gasteiger partial charge in [0.15, 0.2) is 0 Å². The Hall–Kier alpha value is -0.480. The molecule has 0 heterocycles. The monoisotopic (exact) mass is 383 g/mol. The largest absolute Gasteiger partial charge is 0.312 e. The molecule has 0 aromatic heterocycles. The summed E-state index contributed by atoms with van der Waals surface area (Å²) < 4.78 is 1.09. The Morgan fingerprint density at radius 3 is 2.57 bits per heavy atom.